The number of halogens is 1. The third-order valence-electron chi connectivity index (χ3n) is 5.85. The lowest BCUT2D eigenvalue weighted by atomic mass is 10.1. The van der Waals surface area contributed by atoms with Crippen LogP contribution in [0.1, 0.15) is 31.3 Å². The summed E-state index contributed by atoms with van der Waals surface area (Å²) in [6, 6.07) is 11.9. The van der Waals surface area contributed by atoms with Gasteiger partial charge in [-0.2, -0.15) is 10.2 Å². The van der Waals surface area contributed by atoms with Crippen LogP contribution in [0.3, 0.4) is 0 Å². The first-order valence-corrected chi connectivity index (χ1v) is 12.9. The highest BCUT2D eigenvalue weighted by molar-refractivity contribution is 7.90. The molecule has 11 heteroatoms. The van der Waals surface area contributed by atoms with Crippen LogP contribution in [0, 0.1) is 0 Å². The summed E-state index contributed by atoms with van der Waals surface area (Å²) in [7, 11) is -3.38. The molecule has 5 aromatic rings. The summed E-state index contributed by atoms with van der Waals surface area (Å²) in [5.41, 5.74) is 9.68. The number of hydrogen-bond donors (Lipinski definition) is 1. The number of aryl methyl sites for hydroxylation is 1. The number of benzene rings is 2. The maximum Gasteiger partial charge on any atom is 0.175 e. The summed E-state index contributed by atoms with van der Waals surface area (Å²) in [4.78, 5) is 8.78. The maximum atomic E-state index is 12.1. The molecule has 0 fully saturated rings. The van der Waals surface area contributed by atoms with E-state index in [0.29, 0.717) is 28.6 Å². The third kappa shape index (κ3) is 3.59. The average molecular weight is 496 g/mol. The zero-order valence-corrected chi connectivity index (χ0v) is 20.3. The summed E-state index contributed by atoms with van der Waals surface area (Å²) >= 11 is 6.32. The van der Waals surface area contributed by atoms with Crippen LogP contribution in [0.4, 0.5) is 5.82 Å². The van der Waals surface area contributed by atoms with E-state index >= 15 is 0 Å². The molecule has 3 heterocycles. The Morgan fingerprint density at radius 1 is 1.12 bits per heavy atom. The van der Waals surface area contributed by atoms with Crippen molar-refractivity contribution in [1.82, 2.24) is 29.5 Å². The number of anilines is 1. The van der Waals surface area contributed by atoms with Crippen molar-refractivity contribution in [3.05, 3.63) is 65.2 Å². The predicted molar refractivity (Wildman–Crippen MR) is 132 cm³/mol. The molecule has 2 aromatic carbocycles. The van der Waals surface area contributed by atoms with Gasteiger partial charge in [-0.15, -0.1) is 0 Å². The van der Waals surface area contributed by atoms with E-state index in [0.717, 1.165) is 27.7 Å². The fourth-order valence-electron chi connectivity index (χ4n) is 4.16. The summed E-state index contributed by atoms with van der Waals surface area (Å²) in [5, 5.41) is 11.8. The van der Waals surface area contributed by atoms with Crippen molar-refractivity contribution in [2.45, 2.75) is 31.2 Å². The van der Waals surface area contributed by atoms with Crippen LogP contribution in [0.2, 0.25) is 5.02 Å². The molecule has 0 radical (unpaired) electrons. The first-order valence-electron chi connectivity index (χ1n) is 10.6. The monoisotopic (exact) mass is 495 g/mol. The summed E-state index contributed by atoms with van der Waals surface area (Å²) in [6.45, 7) is 3.99. The number of nitrogens with zero attached hydrogens (tertiary/aromatic N) is 6. The van der Waals surface area contributed by atoms with Crippen LogP contribution in [0.15, 0.2) is 53.7 Å². The van der Waals surface area contributed by atoms with Crippen LogP contribution >= 0.6 is 11.6 Å². The molecule has 0 amide bonds. The predicted octanol–water partition coefficient (Wildman–Crippen LogP) is 3.98. The molecule has 34 heavy (non-hydrogen) atoms. The van der Waals surface area contributed by atoms with E-state index in [1.165, 1.54) is 12.6 Å². The molecule has 0 aliphatic rings. The van der Waals surface area contributed by atoms with Gasteiger partial charge in [0.15, 0.2) is 15.5 Å². The number of rotatable bonds is 5. The van der Waals surface area contributed by atoms with Gasteiger partial charge in [0.05, 0.1) is 38.9 Å². The van der Waals surface area contributed by atoms with Gasteiger partial charge in [0.1, 0.15) is 12.1 Å². The van der Waals surface area contributed by atoms with Crippen molar-refractivity contribution in [2.24, 2.45) is 0 Å². The standard InChI is InChI=1S/C23H22ClN7O2S/c1-4-18-20-22(25)26-12-27-23(20)30(28-18)13(2)21-17-9-8-14(24)10-19(17)31(29-21)15-6-5-7-16(11-15)34(3,32)33/h5-13H,4H2,1-3H3,(H2,25,26,27). The van der Waals surface area contributed by atoms with Crippen molar-refractivity contribution in [1.29, 1.82) is 0 Å². The average Bonchev–Trinajstić information content (AvgIpc) is 3.37. The highest BCUT2D eigenvalue weighted by Gasteiger charge is 2.24. The number of hydrogen-bond acceptors (Lipinski definition) is 7. The molecular weight excluding hydrogens is 474 g/mol. The van der Waals surface area contributed by atoms with Gasteiger partial charge in [-0.3, -0.25) is 0 Å². The molecule has 2 N–H and O–H groups in total. The van der Waals surface area contributed by atoms with E-state index in [9.17, 15) is 8.42 Å². The van der Waals surface area contributed by atoms with Crippen LogP contribution in [-0.4, -0.2) is 44.2 Å². The fourth-order valence-corrected chi connectivity index (χ4v) is 4.99. The Hall–Kier alpha value is -3.50. The van der Waals surface area contributed by atoms with Gasteiger partial charge in [-0.25, -0.2) is 27.7 Å². The molecule has 0 bridgehead atoms. The molecule has 0 saturated heterocycles. The van der Waals surface area contributed by atoms with Gasteiger partial charge in [0.2, 0.25) is 0 Å². The smallest absolute Gasteiger partial charge is 0.175 e. The molecule has 1 atom stereocenters. The molecule has 1 unspecified atom stereocenters. The molecule has 0 spiro atoms. The van der Waals surface area contributed by atoms with E-state index in [4.69, 9.17) is 27.5 Å². The van der Waals surface area contributed by atoms with Crippen LogP contribution < -0.4 is 5.73 Å². The quantitative estimate of drug-likeness (QED) is 0.391. The first-order chi connectivity index (χ1) is 16.2. The van der Waals surface area contributed by atoms with E-state index in [1.807, 2.05) is 32.0 Å². The Kier molecular flexibility index (Phi) is 5.29. The molecule has 5 rings (SSSR count). The molecular formula is C23H22ClN7O2S. The second kappa shape index (κ2) is 8.07. The van der Waals surface area contributed by atoms with Gasteiger partial charge in [-0.05, 0) is 49.7 Å². The number of nitrogen functional groups attached to an aromatic ring is 1. The first kappa shape index (κ1) is 22.3. The Morgan fingerprint density at radius 3 is 2.65 bits per heavy atom. The summed E-state index contributed by atoms with van der Waals surface area (Å²) in [5.74, 6) is 0.389. The maximum absolute atomic E-state index is 12.1. The van der Waals surface area contributed by atoms with Crippen molar-refractivity contribution in [3.8, 4) is 5.69 Å². The minimum Gasteiger partial charge on any atom is -0.383 e. The topological polar surface area (TPSA) is 122 Å². The largest absolute Gasteiger partial charge is 0.383 e. The molecule has 0 saturated carbocycles. The zero-order chi connectivity index (χ0) is 24.2. The molecule has 174 valence electrons. The lowest BCUT2D eigenvalue weighted by Gasteiger charge is -2.11. The summed E-state index contributed by atoms with van der Waals surface area (Å²) in [6.07, 6.45) is 3.28. The number of sulfone groups is 1. The van der Waals surface area contributed by atoms with E-state index in [2.05, 4.69) is 9.97 Å². The van der Waals surface area contributed by atoms with Crippen LogP contribution in [0.5, 0.6) is 0 Å². The van der Waals surface area contributed by atoms with Crippen molar-refractivity contribution >= 4 is 49.2 Å². The van der Waals surface area contributed by atoms with Crippen molar-refractivity contribution < 1.29 is 8.42 Å². The lowest BCUT2D eigenvalue weighted by molar-refractivity contribution is 0.556. The second-order valence-electron chi connectivity index (χ2n) is 8.11. The molecule has 0 aliphatic carbocycles. The summed E-state index contributed by atoms with van der Waals surface area (Å²) < 4.78 is 27.8. The zero-order valence-electron chi connectivity index (χ0n) is 18.8. The highest BCUT2D eigenvalue weighted by Crippen LogP contribution is 2.33. The Labute approximate surface area is 201 Å². The van der Waals surface area contributed by atoms with Gasteiger partial charge in [-0.1, -0.05) is 24.6 Å². The SMILES string of the molecule is CCc1nn(C(C)c2nn(-c3cccc(S(C)(=O)=O)c3)c3cc(Cl)ccc23)c2ncnc(N)c12. The van der Waals surface area contributed by atoms with Gasteiger partial charge >= 0.3 is 0 Å². The van der Waals surface area contributed by atoms with Crippen LogP contribution in [-0.2, 0) is 16.3 Å². The number of aromatic nitrogens is 6. The van der Waals surface area contributed by atoms with E-state index < -0.39 is 9.84 Å². The Balaban J connectivity index is 1.74. The molecule has 3 aromatic heterocycles. The minimum atomic E-state index is -3.38. The van der Waals surface area contributed by atoms with Gasteiger partial charge in [0, 0.05) is 16.7 Å². The minimum absolute atomic E-state index is 0.211. The normalized spacial score (nSPS) is 13.1. The highest BCUT2D eigenvalue weighted by atomic mass is 35.5. The molecule has 0 aliphatic heterocycles. The fraction of sp³-hybridized carbons (Fsp3) is 0.217. The van der Waals surface area contributed by atoms with Crippen molar-refractivity contribution in [2.75, 3.05) is 12.0 Å². The Morgan fingerprint density at radius 2 is 1.91 bits per heavy atom. The van der Waals surface area contributed by atoms with Gasteiger partial charge in [0.25, 0.3) is 0 Å². The van der Waals surface area contributed by atoms with Crippen LogP contribution in [0.25, 0.3) is 27.6 Å². The third-order valence-corrected chi connectivity index (χ3v) is 7.20. The number of nitrogens with two attached hydrogens (primary N) is 1. The number of fused-ring (bicyclic) bond motifs is 2. The second-order valence-corrected chi connectivity index (χ2v) is 10.6. The van der Waals surface area contributed by atoms with E-state index in [-0.39, 0.29) is 10.9 Å². The van der Waals surface area contributed by atoms with Crippen molar-refractivity contribution in [3.63, 3.8) is 0 Å². The Bertz CT molecular complexity index is 1670. The lowest BCUT2D eigenvalue weighted by Crippen LogP contribution is -2.11. The van der Waals surface area contributed by atoms with E-state index in [1.54, 1.807) is 33.6 Å². The molecule has 9 nitrogen and oxygen atoms in total. The van der Waals surface area contributed by atoms with Gasteiger partial charge < -0.3 is 5.73 Å².